The minimum absolute atomic E-state index is 0.0112. The van der Waals surface area contributed by atoms with Crippen molar-refractivity contribution < 1.29 is 31.9 Å². The molecular formula is C32H37ClFN3O6S. The maximum atomic E-state index is 14.1. The number of anilines is 1. The zero-order chi connectivity index (χ0) is 31.9. The fraction of sp³-hybridized carbons (Fsp3) is 0.375. The molecule has 1 aliphatic carbocycles. The summed E-state index contributed by atoms with van der Waals surface area (Å²) in [6.07, 6.45) is 4.87. The first kappa shape index (κ1) is 33.1. The second-order valence-corrected chi connectivity index (χ2v) is 12.9. The summed E-state index contributed by atoms with van der Waals surface area (Å²) in [5.74, 6) is -1.07. The van der Waals surface area contributed by atoms with E-state index >= 15 is 0 Å². The van der Waals surface area contributed by atoms with Gasteiger partial charge in [-0.05, 0) is 67.8 Å². The molecule has 1 aliphatic rings. The topological polar surface area (TPSA) is 105 Å². The highest BCUT2D eigenvalue weighted by molar-refractivity contribution is 7.92. The number of ether oxygens (including phenoxy) is 2. The van der Waals surface area contributed by atoms with Crippen LogP contribution in [0.1, 0.15) is 44.6 Å². The van der Waals surface area contributed by atoms with Gasteiger partial charge in [0.15, 0.2) is 11.5 Å². The number of amides is 2. The van der Waals surface area contributed by atoms with E-state index in [4.69, 9.17) is 21.1 Å². The van der Waals surface area contributed by atoms with Gasteiger partial charge in [0.25, 0.3) is 10.0 Å². The number of hydrogen-bond acceptors (Lipinski definition) is 6. The summed E-state index contributed by atoms with van der Waals surface area (Å²) in [5.41, 5.74) is 0.655. The summed E-state index contributed by atoms with van der Waals surface area (Å²) in [6.45, 7) is 0.900. The first-order chi connectivity index (χ1) is 21.0. The van der Waals surface area contributed by atoms with Crippen LogP contribution in [0.4, 0.5) is 10.1 Å². The summed E-state index contributed by atoms with van der Waals surface area (Å²) in [6, 6.07) is 14.8. The molecule has 236 valence electrons. The molecule has 0 spiro atoms. The van der Waals surface area contributed by atoms with Crippen molar-refractivity contribution in [1.29, 1.82) is 0 Å². The standard InChI is InChI=1S/C32H37ClFN3O6S/c1-22(32(39)35-25-10-5-4-6-11-25)36(20-23-9-7-8-12-28(23)33)31(38)21-37(26-15-13-24(34)14-16-26)44(40,41)27-17-18-29(42-2)30(19-27)43-3/h7-9,12-19,22,25H,4-6,10-11,20-21H2,1-3H3,(H,35,39). The van der Waals surface area contributed by atoms with Gasteiger partial charge < -0.3 is 19.7 Å². The number of benzene rings is 3. The molecule has 0 heterocycles. The minimum Gasteiger partial charge on any atom is -0.493 e. The SMILES string of the molecule is COc1ccc(S(=O)(=O)N(CC(=O)N(Cc2ccccc2Cl)C(C)C(=O)NC2CCCCC2)c2ccc(F)cc2)cc1OC. The average Bonchev–Trinajstić information content (AvgIpc) is 3.03. The van der Waals surface area contributed by atoms with Gasteiger partial charge in [-0.15, -0.1) is 0 Å². The highest BCUT2D eigenvalue weighted by atomic mass is 35.5. The van der Waals surface area contributed by atoms with Gasteiger partial charge in [0, 0.05) is 23.7 Å². The van der Waals surface area contributed by atoms with E-state index in [0.717, 1.165) is 48.5 Å². The number of halogens is 2. The third-order valence-corrected chi connectivity index (χ3v) is 9.89. The number of sulfonamides is 1. The minimum atomic E-state index is -4.40. The van der Waals surface area contributed by atoms with Crippen molar-refractivity contribution in [2.45, 2.75) is 62.6 Å². The molecule has 0 saturated heterocycles. The Bertz CT molecular complexity index is 1560. The Hall–Kier alpha value is -3.83. The molecule has 0 bridgehead atoms. The van der Waals surface area contributed by atoms with Gasteiger partial charge in [-0.25, -0.2) is 12.8 Å². The molecule has 1 fully saturated rings. The van der Waals surface area contributed by atoms with Crippen LogP contribution in [-0.4, -0.2) is 58.0 Å². The molecule has 1 unspecified atom stereocenters. The Labute approximate surface area is 262 Å². The molecule has 9 nitrogen and oxygen atoms in total. The summed E-state index contributed by atoms with van der Waals surface area (Å²) in [5, 5.41) is 3.46. The van der Waals surface area contributed by atoms with Crippen LogP contribution in [0.25, 0.3) is 0 Å². The van der Waals surface area contributed by atoms with E-state index in [-0.39, 0.29) is 34.8 Å². The van der Waals surface area contributed by atoms with E-state index in [0.29, 0.717) is 16.3 Å². The van der Waals surface area contributed by atoms with Crippen LogP contribution in [-0.2, 0) is 26.2 Å². The lowest BCUT2D eigenvalue weighted by Gasteiger charge is -2.33. The highest BCUT2D eigenvalue weighted by Gasteiger charge is 2.34. The van der Waals surface area contributed by atoms with E-state index < -0.39 is 34.3 Å². The third-order valence-electron chi connectivity index (χ3n) is 7.75. The number of nitrogens with one attached hydrogen (secondary N) is 1. The molecule has 1 saturated carbocycles. The fourth-order valence-corrected chi connectivity index (χ4v) is 6.83. The summed E-state index contributed by atoms with van der Waals surface area (Å²) < 4.78 is 53.5. The summed E-state index contributed by atoms with van der Waals surface area (Å²) >= 11 is 6.43. The van der Waals surface area contributed by atoms with Crippen LogP contribution in [0.2, 0.25) is 5.02 Å². The van der Waals surface area contributed by atoms with E-state index in [1.807, 2.05) is 0 Å². The molecule has 12 heteroatoms. The lowest BCUT2D eigenvalue weighted by Crippen LogP contribution is -2.53. The number of nitrogens with zero attached hydrogens (tertiary/aromatic N) is 2. The number of rotatable bonds is 12. The maximum Gasteiger partial charge on any atom is 0.264 e. The lowest BCUT2D eigenvalue weighted by molar-refractivity contribution is -0.139. The number of carbonyl (C=O) groups excluding carboxylic acids is 2. The maximum absolute atomic E-state index is 14.1. The fourth-order valence-electron chi connectivity index (χ4n) is 5.20. The lowest BCUT2D eigenvalue weighted by atomic mass is 9.95. The van der Waals surface area contributed by atoms with Gasteiger partial charge >= 0.3 is 0 Å². The van der Waals surface area contributed by atoms with Crippen molar-refractivity contribution in [1.82, 2.24) is 10.2 Å². The number of carbonyl (C=O) groups is 2. The van der Waals surface area contributed by atoms with E-state index in [1.54, 1.807) is 31.2 Å². The molecule has 3 aromatic carbocycles. The molecule has 44 heavy (non-hydrogen) atoms. The number of methoxy groups -OCH3 is 2. The van der Waals surface area contributed by atoms with Crippen molar-refractivity contribution in [3.63, 3.8) is 0 Å². The monoisotopic (exact) mass is 645 g/mol. The zero-order valence-electron chi connectivity index (χ0n) is 25.0. The first-order valence-electron chi connectivity index (χ1n) is 14.4. The third kappa shape index (κ3) is 7.81. The van der Waals surface area contributed by atoms with Gasteiger partial charge in [0.2, 0.25) is 11.8 Å². The van der Waals surface area contributed by atoms with Gasteiger partial charge in [-0.2, -0.15) is 0 Å². The van der Waals surface area contributed by atoms with Gasteiger partial charge in [0.1, 0.15) is 18.4 Å². The Kier molecular flexibility index (Phi) is 11.1. The van der Waals surface area contributed by atoms with Crippen molar-refractivity contribution in [3.05, 3.63) is 83.1 Å². The van der Waals surface area contributed by atoms with E-state index in [9.17, 15) is 22.4 Å². The number of hydrogen-bond donors (Lipinski definition) is 1. The molecule has 0 aromatic heterocycles. The van der Waals surface area contributed by atoms with Crippen LogP contribution in [0, 0.1) is 5.82 Å². The summed E-state index contributed by atoms with van der Waals surface area (Å²) in [7, 11) is -1.60. The average molecular weight is 646 g/mol. The molecule has 2 amide bonds. The van der Waals surface area contributed by atoms with Crippen LogP contribution in [0.5, 0.6) is 11.5 Å². The second-order valence-electron chi connectivity index (χ2n) is 10.6. The van der Waals surface area contributed by atoms with Crippen molar-refractivity contribution in [2.75, 3.05) is 25.1 Å². The van der Waals surface area contributed by atoms with E-state index in [1.165, 1.54) is 49.5 Å². The Morgan fingerprint density at radius 2 is 1.64 bits per heavy atom. The van der Waals surface area contributed by atoms with Crippen LogP contribution in [0.3, 0.4) is 0 Å². The second kappa shape index (κ2) is 14.8. The van der Waals surface area contributed by atoms with Crippen LogP contribution >= 0.6 is 11.6 Å². The van der Waals surface area contributed by atoms with Crippen molar-refractivity contribution in [2.24, 2.45) is 0 Å². The molecule has 0 aliphatic heterocycles. The predicted octanol–water partition coefficient (Wildman–Crippen LogP) is 5.56. The van der Waals surface area contributed by atoms with E-state index in [2.05, 4.69) is 5.32 Å². The molecule has 4 rings (SSSR count). The summed E-state index contributed by atoms with van der Waals surface area (Å²) in [4.78, 5) is 28.7. The Morgan fingerprint density at radius 3 is 2.27 bits per heavy atom. The van der Waals surface area contributed by atoms with Gasteiger partial charge in [-0.1, -0.05) is 49.1 Å². The normalized spacial score (nSPS) is 14.4. The zero-order valence-corrected chi connectivity index (χ0v) is 26.5. The highest BCUT2D eigenvalue weighted by Crippen LogP contribution is 2.32. The van der Waals surface area contributed by atoms with Crippen LogP contribution in [0.15, 0.2) is 71.6 Å². The van der Waals surface area contributed by atoms with Crippen molar-refractivity contribution >= 4 is 39.1 Å². The largest absolute Gasteiger partial charge is 0.493 e. The first-order valence-corrected chi connectivity index (χ1v) is 16.2. The molecule has 1 N–H and O–H groups in total. The molecule has 1 atom stereocenters. The predicted molar refractivity (Wildman–Crippen MR) is 167 cm³/mol. The Morgan fingerprint density at radius 1 is 0.977 bits per heavy atom. The molecular weight excluding hydrogens is 609 g/mol. The van der Waals surface area contributed by atoms with Crippen molar-refractivity contribution in [3.8, 4) is 11.5 Å². The van der Waals surface area contributed by atoms with Gasteiger partial charge in [0.05, 0.1) is 24.8 Å². The van der Waals surface area contributed by atoms with Crippen LogP contribution < -0.4 is 19.1 Å². The smallest absolute Gasteiger partial charge is 0.264 e. The molecule has 0 radical (unpaired) electrons. The van der Waals surface area contributed by atoms with Gasteiger partial charge in [-0.3, -0.25) is 13.9 Å². The quantitative estimate of drug-likeness (QED) is 0.277. The molecule has 3 aromatic rings. The Balaban J connectivity index is 1.71.